The third kappa shape index (κ3) is 1.84. The molecule has 76 valence electrons. The van der Waals surface area contributed by atoms with Crippen molar-refractivity contribution in [3.63, 3.8) is 0 Å². The van der Waals surface area contributed by atoms with E-state index >= 15 is 0 Å². The topological polar surface area (TPSA) is 17.8 Å². The third-order valence-corrected chi connectivity index (χ3v) is 3.14. The molecule has 0 bridgehead atoms. The van der Waals surface area contributed by atoms with E-state index in [2.05, 4.69) is 45.3 Å². The van der Waals surface area contributed by atoms with Crippen LogP contribution in [0.2, 0.25) is 0 Å². The summed E-state index contributed by atoms with van der Waals surface area (Å²) in [6.45, 7) is 0. The summed E-state index contributed by atoms with van der Waals surface area (Å²) in [6, 6.07) is 8.64. The average Bonchev–Trinajstić information content (AvgIpc) is 3.02. The minimum atomic E-state index is 0.795. The van der Waals surface area contributed by atoms with Gasteiger partial charge in [-0.3, -0.25) is 0 Å². The molecular weight excluding hydrogens is 252 g/mol. The van der Waals surface area contributed by atoms with E-state index in [1.807, 2.05) is 17.1 Å². The van der Waals surface area contributed by atoms with E-state index in [9.17, 15) is 0 Å². The summed E-state index contributed by atoms with van der Waals surface area (Å²) in [5.74, 6) is 0.795. The molecule has 0 unspecified atom stereocenters. The molecule has 1 aromatic heterocycles. The van der Waals surface area contributed by atoms with Crippen LogP contribution in [0.5, 0.6) is 0 Å². The van der Waals surface area contributed by atoms with E-state index in [4.69, 9.17) is 0 Å². The van der Waals surface area contributed by atoms with Crippen molar-refractivity contribution in [3.05, 3.63) is 46.7 Å². The maximum atomic E-state index is 4.28. The van der Waals surface area contributed by atoms with E-state index < -0.39 is 0 Å². The summed E-state index contributed by atoms with van der Waals surface area (Å²) < 4.78 is 2.91. The maximum absolute atomic E-state index is 4.28. The molecule has 1 aliphatic carbocycles. The number of halogens is 1. The van der Waals surface area contributed by atoms with Crippen LogP contribution in [0, 0.1) is 0 Å². The Balaban J connectivity index is 2.00. The van der Waals surface area contributed by atoms with Gasteiger partial charge in [0.1, 0.15) is 0 Å². The first-order chi connectivity index (χ1) is 7.33. The van der Waals surface area contributed by atoms with Gasteiger partial charge in [-0.25, -0.2) is 4.68 Å². The Hall–Kier alpha value is -1.09. The first-order valence-corrected chi connectivity index (χ1v) is 5.93. The van der Waals surface area contributed by atoms with Gasteiger partial charge >= 0.3 is 0 Å². The van der Waals surface area contributed by atoms with E-state index in [1.54, 1.807) is 0 Å². The van der Waals surface area contributed by atoms with Crippen LogP contribution in [0.25, 0.3) is 5.69 Å². The molecule has 2 aromatic rings. The smallest absolute Gasteiger partial charge is 0.0648 e. The lowest BCUT2D eigenvalue weighted by Gasteiger charge is -2.03. The largest absolute Gasteiger partial charge is 0.240 e. The standard InChI is InChI=1S/C12H11BrN2/c13-11-7-14-15(8-11)12-3-1-2-10(6-12)9-4-5-9/h1-3,6-9H,4-5H2. The van der Waals surface area contributed by atoms with Crippen LogP contribution in [0.15, 0.2) is 41.1 Å². The molecule has 15 heavy (non-hydrogen) atoms. The Kier molecular flexibility index (Phi) is 2.13. The zero-order valence-electron chi connectivity index (χ0n) is 8.23. The molecule has 3 heteroatoms. The summed E-state index contributed by atoms with van der Waals surface area (Å²) in [6.07, 6.45) is 6.47. The van der Waals surface area contributed by atoms with E-state index in [-0.39, 0.29) is 0 Å². The van der Waals surface area contributed by atoms with Gasteiger partial charge in [-0.05, 0) is 52.4 Å². The SMILES string of the molecule is Brc1cnn(-c2cccc(C3CC3)c2)c1. The Morgan fingerprint density at radius 1 is 1.33 bits per heavy atom. The normalized spacial score (nSPS) is 15.5. The Morgan fingerprint density at radius 2 is 2.20 bits per heavy atom. The lowest BCUT2D eigenvalue weighted by molar-refractivity contribution is 0.876. The molecule has 1 heterocycles. The number of hydrogen-bond donors (Lipinski definition) is 0. The second kappa shape index (κ2) is 3.49. The maximum Gasteiger partial charge on any atom is 0.0648 e. The van der Waals surface area contributed by atoms with Crippen molar-refractivity contribution in [2.45, 2.75) is 18.8 Å². The highest BCUT2D eigenvalue weighted by molar-refractivity contribution is 9.10. The van der Waals surface area contributed by atoms with Crippen LogP contribution in [0.4, 0.5) is 0 Å². The molecular formula is C12H11BrN2. The van der Waals surface area contributed by atoms with E-state index in [0.717, 1.165) is 16.1 Å². The molecule has 0 radical (unpaired) electrons. The number of nitrogens with zero attached hydrogens (tertiary/aromatic N) is 2. The molecule has 0 N–H and O–H groups in total. The van der Waals surface area contributed by atoms with Crippen molar-refractivity contribution in [3.8, 4) is 5.69 Å². The molecule has 1 fully saturated rings. The van der Waals surface area contributed by atoms with Crippen LogP contribution in [-0.2, 0) is 0 Å². The highest BCUT2D eigenvalue weighted by Crippen LogP contribution is 2.40. The highest BCUT2D eigenvalue weighted by Gasteiger charge is 2.23. The Morgan fingerprint density at radius 3 is 2.87 bits per heavy atom. The second-order valence-electron chi connectivity index (χ2n) is 3.97. The molecule has 0 atom stereocenters. The van der Waals surface area contributed by atoms with Crippen molar-refractivity contribution in [2.75, 3.05) is 0 Å². The molecule has 3 rings (SSSR count). The molecule has 1 saturated carbocycles. The van der Waals surface area contributed by atoms with Gasteiger partial charge in [-0.1, -0.05) is 12.1 Å². The summed E-state index contributed by atoms with van der Waals surface area (Å²) in [5.41, 5.74) is 2.59. The number of benzene rings is 1. The summed E-state index contributed by atoms with van der Waals surface area (Å²) >= 11 is 3.41. The summed E-state index contributed by atoms with van der Waals surface area (Å²) in [4.78, 5) is 0. The van der Waals surface area contributed by atoms with Crippen molar-refractivity contribution >= 4 is 15.9 Å². The van der Waals surface area contributed by atoms with Crippen LogP contribution >= 0.6 is 15.9 Å². The number of rotatable bonds is 2. The monoisotopic (exact) mass is 262 g/mol. The van der Waals surface area contributed by atoms with Crippen LogP contribution in [-0.4, -0.2) is 9.78 Å². The molecule has 0 saturated heterocycles. The number of aromatic nitrogens is 2. The third-order valence-electron chi connectivity index (χ3n) is 2.73. The predicted molar refractivity (Wildman–Crippen MR) is 63.2 cm³/mol. The van der Waals surface area contributed by atoms with E-state index in [1.165, 1.54) is 18.4 Å². The van der Waals surface area contributed by atoms with Gasteiger partial charge in [0.05, 0.1) is 16.4 Å². The van der Waals surface area contributed by atoms with Crippen molar-refractivity contribution < 1.29 is 0 Å². The molecule has 0 amide bonds. The molecule has 0 aliphatic heterocycles. The van der Waals surface area contributed by atoms with Crippen LogP contribution in [0.1, 0.15) is 24.3 Å². The van der Waals surface area contributed by atoms with Crippen LogP contribution in [0.3, 0.4) is 0 Å². The highest BCUT2D eigenvalue weighted by atomic mass is 79.9. The molecule has 1 aliphatic rings. The van der Waals surface area contributed by atoms with Gasteiger partial charge in [-0.2, -0.15) is 5.10 Å². The Bertz CT molecular complexity index is 486. The van der Waals surface area contributed by atoms with E-state index in [0.29, 0.717) is 0 Å². The fourth-order valence-electron chi connectivity index (χ4n) is 1.78. The van der Waals surface area contributed by atoms with Gasteiger partial charge in [0.25, 0.3) is 0 Å². The fourth-order valence-corrected chi connectivity index (χ4v) is 2.07. The van der Waals surface area contributed by atoms with Gasteiger partial charge in [0.15, 0.2) is 0 Å². The minimum Gasteiger partial charge on any atom is -0.240 e. The van der Waals surface area contributed by atoms with Crippen molar-refractivity contribution in [1.82, 2.24) is 9.78 Å². The quantitative estimate of drug-likeness (QED) is 0.810. The zero-order chi connectivity index (χ0) is 10.3. The Labute approximate surface area is 97.1 Å². The van der Waals surface area contributed by atoms with Crippen molar-refractivity contribution in [1.29, 1.82) is 0 Å². The lowest BCUT2D eigenvalue weighted by atomic mass is 10.1. The predicted octanol–water partition coefficient (Wildman–Crippen LogP) is 3.51. The van der Waals surface area contributed by atoms with Crippen molar-refractivity contribution in [2.24, 2.45) is 0 Å². The first-order valence-electron chi connectivity index (χ1n) is 5.13. The van der Waals surface area contributed by atoms with Crippen LogP contribution < -0.4 is 0 Å². The molecule has 0 spiro atoms. The molecule has 2 nitrogen and oxygen atoms in total. The first kappa shape index (κ1) is 9.16. The summed E-state index contributed by atoms with van der Waals surface area (Å²) in [7, 11) is 0. The molecule has 1 aromatic carbocycles. The number of hydrogen-bond acceptors (Lipinski definition) is 1. The van der Waals surface area contributed by atoms with Gasteiger partial charge in [0.2, 0.25) is 0 Å². The van der Waals surface area contributed by atoms with Gasteiger partial charge in [0, 0.05) is 6.20 Å². The fraction of sp³-hybridized carbons (Fsp3) is 0.250. The minimum absolute atomic E-state index is 0.795. The zero-order valence-corrected chi connectivity index (χ0v) is 9.81. The second-order valence-corrected chi connectivity index (χ2v) is 4.89. The van der Waals surface area contributed by atoms with Gasteiger partial charge in [-0.15, -0.1) is 0 Å². The lowest BCUT2D eigenvalue weighted by Crippen LogP contribution is -1.94. The summed E-state index contributed by atoms with van der Waals surface area (Å²) in [5, 5.41) is 4.28. The van der Waals surface area contributed by atoms with Gasteiger partial charge < -0.3 is 0 Å². The average molecular weight is 263 g/mol.